The van der Waals surface area contributed by atoms with E-state index in [1.807, 2.05) is 18.2 Å². The van der Waals surface area contributed by atoms with Gasteiger partial charge in [-0.2, -0.15) is 0 Å². The summed E-state index contributed by atoms with van der Waals surface area (Å²) in [5, 5.41) is 0. The molecule has 1 aromatic carbocycles. The fourth-order valence-corrected chi connectivity index (χ4v) is 1.67. The van der Waals surface area contributed by atoms with Crippen molar-refractivity contribution in [2.75, 3.05) is 0 Å². The maximum Gasteiger partial charge on any atom is -0.0195 e. The molecule has 0 heterocycles. The van der Waals surface area contributed by atoms with E-state index in [1.165, 1.54) is 22.3 Å². The van der Waals surface area contributed by atoms with E-state index in [9.17, 15) is 0 Å². The van der Waals surface area contributed by atoms with Gasteiger partial charge in [0.2, 0.25) is 0 Å². The second-order valence-corrected chi connectivity index (χ2v) is 4.10. The number of aryl methyl sites for hydroxylation is 2. The number of rotatable bonds is 2. The highest BCUT2D eigenvalue weighted by Gasteiger charge is 1.97. The lowest BCUT2D eigenvalue weighted by Crippen LogP contribution is -1.85. The summed E-state index contributed by atoms with van der Waals surface area (Å²) >= 11 is 0. The Morgan fingerprint density at radius 2 is 1.47 bits per heavy atom. The Labute approximate surface area is 105 Å². The molecule has 0 amide bonds. The van der Waals surface area contributed by atoms with Gasteiger partial charge in [0.25, 0.3) is 0 Å². The lowest BCUT2D eigenvalue weighted by Gasteiger charge is -2.04. The molecule has 0 fully saturated rings. The zero-order chi connectivity index (χ0) is 12.7. The van der Waals surface area contributed by atoms with Crippen LogP contribution in [0.2, 0.25) is 0 Å². The van der Waals surface area contributed by atoms with E-state index < -0.39 is 0 Å². The first-order chi connectivity index (χ1) is 8.16. The fraction of sp³-hybridized carbons (Fsp3) is 0.176. The smallest absolute Gasteiger partial charge is 0.0195 e. The molecule has 0 nitrogen and oxygen atoms in total. The first-order valence-electron chi connectivity index (χ1n) is 5.86. The summed E-state index contributed by atoms with van der Waals surface area (Å²) in [6, 6.07) is 12.5. The third kappa shape index (κ3) is 3.92. The average molecular weight is 224 g/mol. The molecule has 0 aliphatic carbocycles. The van der Waals surface area contributed by atoms with Gasteiger partial charge in [-0.25, -0.2) is 0 Å². The molecule has 0 aliphatic heterocycles. The summed E-state index contributed by atoms with van der Waals surface area (Å²) < 4.78 is 0. The van der Waals surface area contributed by atoms with Gasteiger partial charge < -0.3 is 0 Å². The number of allylic oxidation sites excluding steroid dienone is 2. The molecule has 0 N–H and O–H groups in total. The third-order valence-corrected chi connectivity index (χ3v) is 2.85. The molecule has 0 bridgehead atoms. The minimum atomic E-state index is 1.26. The summed E-state index contributed by atoms with van der Waals surface area (Å²) in [6.45, 7) is 10.2. The normalized spacial score (nSPS) is 10.1. The summed E-state index contributed by atoms with van der Waals surface area (Å²) in [6.07, 6.45) is 5.90. The maximum absolute atomic E-state index is 3.72. The molecule has 88 valence electrons. The Hall–Kier alpha value is -1.82. The average Bonchev–Trinajstić information content (AvgIpc) is 2.32. The molecule has 0 radical (unpaired) electrons. The number of hydrogen-bond donors (Lipinski definition) is 0. The van der Waals surface area contributed by atoms with Crippen molar-refractivity contribution in [3.05, 3.63) is 77.4 Å². The van der Waals surface area contributed by atoms with Crippen molar-refractivity contribution in [3.8, 4) is 0 Å². The minimum Gasteiger partial charge on any atom is -0.0991 e. The summed E-state index contributed by atoms with van der Waals surface area (Å²) in [4.78, 5) is 0. The predicted octanol–water partition coefficient (Wildman–Crippen LogP) is 4.94. The van der Waals surface area contributed by atoms with Crippen molar-refractivity contribution in [1.82, 2.24) is 0 Å². The van der Waals surface area contributed by atoms with Crippen LogP contribution in [-0.2, 0) is 0 Å². The Morgan fingerprint density at radius 1 is 0.882 bits per heavy atom. The van der Waals surface area contributed by atoms with Crippen LogP contribution in [0.4, 0.5) is 0 Å². The highest BCUT2D eigenvalue weighted by atomic mass is 14.0. The quantitative estimate of drug-likeness (QED) is 0.624. The van der Waals surface area contributed by atoms with Gasteiger partial charge in [0.15, 0.2) is 0 Å². The van der Waals surface area contributed by atoms with E-state index in [0.29, 0.717) is 0 Å². The summed E-state index contributed by atoms with van der Waals surface area (Å²) in [7, 11) is 0. The van der Waals surface area contributed by atoms with Crippen LogP contribution in [0.3, 0.4) is 0 Å². The van der Waals surface area contributed by atoms with Crippen molar-refractivity contribution in [1.29, 1.82) is 0 Å². The van der Waals surface area contributed by atoms with E-state index >= 15 is 0 Å². The molecular weight excluding hydrogens is 204 g/mol. The monoisotopic (exact) mass is 224 g/mol. The van der Waals surface area contributed by atoms with E-state index in [1.54, 1.807) is 6.08 Å². The second-order valence-electron chi connectivity index (χ2n) is 4.10. The molecule has 1 rings (SSSR count). The van der Waals surface area contributed by atoms with Crippen LogP contribution >= 0.6 is 0 Å². The Bertz CT molecular complexity index is 478. The molecular formula is C17H20. The fourth-order valence-electron chi connectivity index (χ4n) is 1.67. The molecule has 0 heteroatoms. The van der Waals surface area contributed by atoms with Gasteiger partial charge in [0.1, 0.15) is 0 Å². The molecule has 0 spiro atoms. The van der Waals surface area contributed by atoms with Gasteiger partial charge in [0, 0.05) is 0 Å². The Kier molecular flexibility index (Phi) is 5.22. The van der Waals surface area contributed by atoms with Gasteiger partial charge in [-0.15, -0.1) is 0 Å². The first kappa shape index (κ1) is 13.2. The zero-order valence-corrected chi connectivity index (χ0v) is 10.9. The van der Waals surface area contributed by atoms with Gasteiger partial charge >= 0.3 is 0 Å². The third-order valence-electron chi connectivity index (χ3n) is 2.85. The van der Waals surface area contributed by atoms with Gasteiger partial charge in [0.05, 0.1) is 0 Å². The van der Waals surface area contributed by atoms with Gasteiger partial charge in [-0.05, 0) is 43.0 Å². The van der Waals surface area contributed by atoms with E-state index in [2.05, 4.69) is 57.7 Å². The SMILES string of the molecule is C=C/C=C\c1c(C)ccccccc(C)c1C. The predicted molar refractivity (Wildman–Crippen MR) is 77.5 cm³/mol. The first-order valence-corrected chi connectivity index (χ1v) is 5.86. The van der Waals surface area contributed by atoms with E-state index in [-0.39, 0.29) is 0 Å². The molecule has 0 atom stereocenters. The van der Waals surface area contributed by atoms with Crippen LogP contribution in [0, 0.1) is 20.8 Å². The minimum absolute atomic E-state index is 1.26. The lowest BCUT2D eigenvalue weighted by molar-refractivity contribution is 1.31. The molecule has 0 aliphatic rings. The van der Waals surface area contributed by atoms with Crippen molar-refractivity contribution < 1.29 is 0 Å². The van der Waals surface area contributed by atoms with Crippen LogP contribution in [0.5, 0.6) is 0 Å². The molecule has 1 aromatic rings. The van der Waals surface area contributed by atoms with Crippen molar-refractivity contribution >= 4 is 6.08 Å². The highest BCUT2D eigenvalue weighted by molar-refractivity contribution is 5.58. The van der Waals surface area contributed by atoms with E-state index in [0.717, 1.165) is 0 Å². The maximum atomic E-state index is 3.72. The van der Waals surface area contributed by atoms with Crippen LogP contribution in [0.1, 0.15) is 22.3 Å². The van der Waals surface area contributed by atoms with Crippen molar-refractivity contribution in [2.24, 2.45) is 0 Å². The lowest BCUT2D eigenvalue weighted by atomic mass is 10.0. The summed E-state index contributed by atoms with van der Waals surface area (Å²) in [5.41, 5.74) is 5.11. The van der Waals surface area contributed by atoms with Crippen molar-refractivity contribution in [3.63, 3.8) is 0 Å². The van der Waals surface area contributed by atoms with Gasteiger partial charge in [-0.1, -0.05) is 61.2 Å². The van der Waals surface area contributed by atoms with Crippen LogP contribution in [-0.4, -0.2) is 0 Å². The summed E-state index contributed by atoms with van der Waals surface area (Å²) in [5.74, 6) is 0. The highest BCUT2D eigenvalue weighted by Crippen LogP contribution is 2.15. The zero-order valence-electron chi connectivity index (χ0n) is 10.9. The van der Waals surface area contributed by atoms with Crippen LogP contribution < -0.4 is 0 Å². The molecule has 0 saturated carbocycles. The van der Waals surface area contributed by atoms with E-state index in [4.69, 9.17) is 0 Å². The molecule has 0 unspecified atom stereocenters. The van der Waals surface area contributed by atoms with Gasteiger partial charge in [-0.3, -0.25) is 0 Å². The standard InChI is InChI=1S/C17H20/c1-5-6-13-17-15(3)12-10-8-7-9-11-14(2)16(17)4/h5-13H,1H2,2-4H3/b8-7?,9-7?,10-8?,11-9?,12-10?,13-6-,14-11?,15-12?,16-14?,17-15?,17-16?. The number of hydrogen-bond acceptors (Lipinski definition) is 0. The Morgan fingerprint density at radius 3 is 2.06 bits per heavy atom. The van der Waals surface area contributed by atoms with Crippen molar-refractivity contribution in [2.45, 2.75) is 20.8 Å². The molecule has 0 aromatic heterocycles. The molecule has 17 heavy (non-hydrogen) atoms. The largest absolute Gasteiger partial charge is 0.0991 e. The van der Waals surface area contributed by atoms with Crippen LogP contribution in [0.25, 0.3) is 6.08 Å². The molecule has 0 saturated heterocycles. The van der Waals surface area contributed by atoms with Crippen LogP contribution in [0.15, 0.2) is 55.1 Å². The second kappa shape index (κ2) is 6.70. The topological polar surface area (TPSA) is 0 Å². The Balaban J connectivity index is 3.59.